The largest absolute Gasteiger partial charge is 0.313 e. The van der Waals surface area contributed by atoms with Crippen molar-refractivity contribution in [3.05, 3.63) is 28.5 Å². The normalized spacial score (nSPS) is 18.9. The van der Waals surface area contributed by atoms with Gasteiger partial charge in [-0.3, -0.25) is 4.98 Å². The number of nitrogens with one attached hydrogen (secondary N) is 1. The van der Waals surface area contributed by atoms with Crippen LogP contribution in [0.5, 0.6) is 0 Å². The highest BCUT2D eigenvalue weighted by atomic mass is 79.9. The molecular formula is C15H23BrN2. The molecular weight excluding hydrogens is 288 g/mol. The molecule has 100 valence electrons. The number of nitrogens with zero attached hydrogens (tertiary/aromatic N) is 1. The number of halogens is 1. The summed E-state index contributed by atoms with van der Waals surface area (Å²) in [5.74, 6) is 0.647. The van der Waals surface area contributed by atoms with Gasteiger partial charge in [0.15, 0.2) is 0 Å². The van der Waals surface area contributed by atoms with E-state index in [0.29, 0.717) is 5.92 Å². The maximum Gasteiger partial charge on any atom is 0.0413 e. The van der Waals surface area contributed by atoms with Gasteiger partial charge in [0.2, 0.25) is 0 Å². The molecule has 1 N–H and O–H groups in total. The molecule has 0 aliphatic heterocycles. The molecule has 1 atom stereocenters. The molecule has 1 aliphatic carbocycles. The Bertz CT molecular complexity index is 384. The molecule has 0 bridgehead atoms. The molecule has 3 heteroatoms. The Kier molecular flexibility index (Phi) is 4.44. The molecule has 1 saturated carbocycles. The zero-order valence-electron chi connectivity index (χ0n) is 11.5. The fourth-order valence-electron chi connectivity index (χ4n) is 2.06. The number of rotatable bonds is 6. The summed E-state index contributed by atoms with van der Waals surface area (Å²) >= 11 is 3.44. The van der Waals surface area contributed by atoms with E-state index in [-0.39, 0.29) is 5.41 Å². The van der Waals surface area contributed by atoms with Gasteiger partial charge in [-0.15, -0.1) is 0 Å². The van der Waals surface area contributed by atoms with E-state index in [1.807, 2.05) is 6.20 Å². The van der Waals surface area contributed by atoms with E-state index >= 15 is 0 Å². The lowest BCUT2D eigenvalue weighted by molar-refractivity contribution is 0.204. The third-order valence-electron chi connectivity index (χ3n) is 4.14. The summed E-state index contributed by atoms with van der Waals surface area (Å²) in [6, 6.07) is 4.99. The number of pyridine rings is 1. The Balaban J connectivity index is 2.01. The van der Waals surface area contributed by atoms with Crippen LogP contribution >= 0.6 is 15.9 Å². The molecule has 1 heterocycles. The summed E-state index contributed by atoms with van der Waals surface area (Å²) in [6.07, 6.45) is 5.64. The summed E-state index contributed by atoms with van der Waals surface area (Å²) in [7, 11) is 0. The fraction of sp³-hybridized carbons (Fsp3) is 0.667. The van der Waals surface area contributed by atoms with Crippen LogP contribution in [0.3, 0.4) is 0 Å². The summed E-state index contributed by atoms with van der Waals surface area (Å²) in [4.78, 5) is 4.51. The lowest BCUT2D eigenvalue weighted by Crippen LogP contribution is -2.39. The second-order valence-corrected chi connectivity index (χ2v) is 7.02. The Labute approximate surface area is 119 Å². The van der Waals surface area contributed by atoms with Gasteiger partial charge in [-0.25, -0.2) is 0 Å². The minimum Gasteiger partial charge on any atom is -0.313 e. The van der Waals surface area contributed by atoms with Gasteiger partial charge in [-0.1, -0.05) is 20.8 Å². The highest BCUT2D eigenvalue weighted by Crippen LogP contribution is 2.32. The summed E-state index contributed by atoms with van der Waals surface area (Å²) in [5, 5.41) is 3.67. The van der Waals surface area contributed by atoms with Crippen molar-refractivity contribution in [2.45, 2.75) is 46.1 Å². The average Bonchev–Trinajstić information content (AvgIpc) is 3.13. The third kappa shape index (κ3) is 3.79. The van der Waals surface area contributed by atoms with Gasteiger partial charge >= 0.3 is 0 Å². The topological polar surface area (TPSA) is 24.9 Å². The first-order chi connectivity index (χ1) is 8.49. The number of hydrogen-bond donors (Lipinski definition) is 1. The zero-order chi connectivity index (χ0) is 13.2. The van der Waals surface area contributed by atoms with Crippen LogP contribution in [-0.4, -0.2) is 17.6 Å². The lowest BCUT2D eigenvalue weighted by atomic mass is 9.75. The van der Waals surface area contributed by atoms with Crippen molar-refractivity contribution in [3.63, 3.8) is 0 Å². The summed E-state index contributed by atoms with van der Waals surface area (Å²) in [6.45, 7) is 8.09. The van der Waals surface area contributed by atoms with E-state index in [4.69, 9.17) is 0 Å². The van der Waals surface area contributed by atoms with Crippen LogP contribution in [0.25, 0.3) is 0 Å². The van der Waals surface area contributed by atoms with Crippen molar-refractivity contribution in [2.75, 3.05) is 6.54 Å². The molecule has 1 fully saturated rings. The van der Waals surface area contributed by atoms with Crippen LogP contribution < -0.4 is 5.32 Å². The maximum atomic E-state index is 4.51. The van der Waals surface area contributed by atoms with E-state index in [0.717, 1.165) is 23.5 Å². The molecule has 1 aliphatic rings. The summed E-state index contributed by atoms with van der Waals surface area (Å²) in [5.41, 5.74) is 1.47. The Hall–Kier alpha value is -0.410. The third-order valence-corrected chi connectivity index (χ3v) is 4.61. The molecule has 18 heavy (non-hydrogen) atoms. The summed E-state index contributed by atoms with van der Waals surface area (Å²) < 4.78 is 1.05. The van der Waals surface area contributed by atoms with Gasteiger partial charge in [0.1, 0.15) is 0 Å². The quantitative estimate of drug-likeness (QED) is 0.864. The fourth-order valence-corrected chi connectivity index (χ4v) is 2.30. The van der Waals surface area contributed by atoms with Gasteiger partial charge in [0.05, 0.1) is 0 Å². The van der Waals surface area contributed by atoms with Gasteiger partial charge in [0, 0.05) is 29.0 Å². The predicted octanol–water partition coefficient (Wildman–Crippen LogP) is 3.80. The van der Waals surface area contributed by atoms with Crippen molar-refractivity contribution < 1.29 is 0 Å². The average molecular weight is 311 g/mol. The first-order valence-corrected chi connectivity index (χ1v) is 7.63. The number of hydrogen-bond acceptors (Lipinski definition) is 2. The van der Waals surface area contributed by atoms with Gasteiger partial charge in [-0.05, 0) is 58.7 Å². The monoisotopic (exact) mass is 310 g/mol. The van der Waals surface area contributed by atoms with Crippen LogP contribution in [0.2, 0.25) is 0 Å². The van der Waals surface area contributed by atoms with Gasteiger partial charge in [-0.2, -0.15) is 0 Å². The lowest BCUT2D eigenvalue weighted by Gasteiger charge is -2.34. The van der Waals surface area contributed by atoms with Crippen molar-refractivity contribution in [2.24, 2.45) is 11.3 Å². The molecule has 2 nitrogen and oxygen atoms in total. The highest BCUT2D eigenvalue weighted by Gasteiger charge is 2.31. The van der Waals surface area contributed by atoms with Crippen LogP contribution in [0.1, 0.15) is 39.3 Å². The van der Waals surface area contributed by atoms with E-state index in [1.54, 1.807) is 0 Å². The molecule has 2 rings (SSSR count). The van der Waals surface area contributed by atoms with E-state index in [2.05, 4.69) is 59.1 Å². The van der Waals surface area contributed by atoms with E-state index in [1.165, 1.54) is 18.5 Å². The molecule has 0 radical (unpaired) electrons. The van der Waals surface area contributed by atoms with Crippen molar-refractivity contribution >= 4 is 15.9 Å². The highest BCUT2D eigenvalue weighted by molar-refractivity contribution is 9.10. The number of aromatic nitrogens is 1. The van der Waals surface area contributed by atoms with Gasteiger partial charge in [0.25, 0.3) is 0 Å². The zero-order valence-corrected chi connectivity index (χ0v) is 13.1. The van der Waals surface area contributed by atoms with Crippen LogP contribution in [0.15, 0.2) is 22.8 Å². The predicted molar refractivity (Wildman–Crippen MR) is 79.6 cm³/mol. The first kappa shape index (κ1) is 14.0. The Morgan fingerprint density at radius 3 is 2.67 bits per heavy atom. The molecule has 0 amide bonds. The Morgan fingerprint density at radius 1 is 1.44 bits per heavy atom. The minimum atomic E-state index is 0.281. The second kappa shape index (κ2) is 5.70. The molecule has 1 aromatic heterocycles. The van der Waals surface area contributed by atoms with Crippen molar-refractivity contribution in [3.8, 4) is 0 Å². The van der Waals surface area contributed by atoms with E-state index in [9.17, 15) is 0 Å². The SMILES string of the molecule is CC(C)C(C)(CNC1CC1)Cc1ccc(Br)cn1. The molecule has 1 aromatic rings. The molecule has 0 spiro atoms. The second-order valence-electron chi connectivity index (χ2n) is 6.11. The first-order valence-electron chi connectivity index (χ1n) is 6.83. The van der Waals surface area contributed by atoms with Crippen LogP contribution in [0, 0.1) is 11.3 Å². The van der Waals surface area contributed by atoms with Gasteiger partial charge < -0.3 is 5.32 Å². The Morgan fingerprint density at radius 2 is 2.17 bits per heavy atom. The van der Waals surface area contributed by atoms with Crippen molar-refractivity contribution in [1.82, 2.24) is 10.3 Å². The smallest absolute Gasteiger partial charge is 0.0413 e. The maximum absolute atomic E-state index is 4.51. The standard InChI is InChI=1S/C15H23BrN2/c1-11(2)15(3,10-18-13-6-7-13)8-14-5-4-12(16)9-17-14/h4-5,9,11,13,18H,6-8,10H2,1-3H3. The molecule has 1 unspecified atom stereocenters. The van der Waals surface area contributed by atoms with Crippen molar-refractivity contribution in [1.29, 1.82) is 0 Å². The van der Waals surface area contributed by atoms with E-state index < -0.39 is 0 Å². The molecule has 0 aromatic carbocycles. The van der Waals surface area contributed by atoms with Crippen LogP contribution in [0.4, 0.5) is 0 Å². The van der Waals surface area contributed by atoms with Crippen LogP contribution in [-0.2, 0) is 6.42 Å². The minimum absolute atomic E-state index is 0.281. The molecule has 0 saturated heterocycles.